The molecule has 0 amide bonds. The van der Waals surface area contributed by atoms with Gasteiger partial charge in [0.1, 0.15) is 23.8 Å². The molecule has 4 rings (SSSR count). The predicted molar refractivity (Wildman–Crippen MR) is 121 cm³/mol. The molecule has 0 unspecified atom stereocenters. The van der Waals surface area contributed by atoms with Gasteiger partial charge in [-0.25, -0.2) is 32.2 Å². The van der Waals surface area contributed by atoms with Crippen LogP contribution in [0.5, 0.6) is 0 Å². The molecule has 33 heavy (non-hydrogen) atoms. The van der Waals surface area contributed by atoms with Crippen LogP contribution in [0.2, 0.25) is 0 Å². The zero-order valence-electron chi connectivity index (χ0n) is 17.3. The Balaban J connectivity index is 1.44. The summed E-state index contributed by atoms with van der Waals surface area (Å²) in [6, 6.07) is 14.2. The summed E-state index contributed by atoms with van der Waals surface area (Å²) in [5, 5.41) is 6.20. The molecule has 0 fully saturated rings. The van der Waals surface area contributed by atoms with Crippen LogP contribution in [0, 0.1) is 18.6 Å². The van der Waals surface area contributed by atoms with E-state index in [-0.39, 0.29) is 10.6 Å². The maximum Gasteiger partial charge on any atom is 0.261 e. The van der Waals surface area contributed by atoms with Crippen molar-refractivity contribution in [1.29, 1.82) is 0 Å². The first-order chi connectivity index (χ1) is 15.8. The third-order valence-electron chi connectivity index (χ3n) is 4.45. The van der Waals surface area contributed by atoms with Gasteiger partial charge >= 0.3 is 0 Å². The summed E-state index contributed by atoms with van der Waals surface area (Å²) in [7, 11) is -4.07. The van der Waals surface area contributed by atoms with Gasteiger partial charge in [-0.1, -0.05) is 0 Å². The fraction of sp³-hybridized carbons (Fsp3) is 0.0455. The summed E-state index contributed by atoms with van der Waals surface area (Å²) in [6.07, 6.45) is 3.09. The lowest BCUT2D eigenvalue weighted by Gasteiger charge is -2.11. The Labute approximate surface area is 188 Å². The topological polar surface area (TPSA) is 109 Å². The van der Waals surface area contributed by atoms with Crippen molar-refractivity contribution in [3.05, 3.63) is 90.4 Å². The number of anilines is 5. The molecule has 0 aliphatic rings. The van der Waals surface area contributed by atoms with E-state index in [1.54, 1.807) is 24.4 Å². The molecule has 4 aromatic rings. The average molecular weight is 468 g/mol. The van der Waals surface area contributed by atoms with E-state index in [0.717, 1.165) is 17.7 Å². The van der Waals surface area contributed by atoms with Gasteiger partial charge in [0.15, 0.2) is 11.6 Å². The molecule has 2 aromatic heterocycles. The number of pyridine rings is 1. The van der Waals surface area contributed by atoms with Crippen LogP contribution < -0.4 is 15.4 Å². The number of rotatable bonds is 7. The Hall–Kier alpha value is -4.12. The number of aryl methyl sites for hydroxylation is 1. The molecule has 3 N–H and O–H groups in total. The van der Waals surface area contributed by atoms with Crippen molar-refractivity contribution in [1.82, 2.24) is 15.0 Å². The van der Waals surface area contributed by atoms with E-state index in [0.29, 0.717) is 29.2 Å². The third kappa shape index (κ3) is 5.57. The fourth-order valence-electron chi connectivity index (χ4n) is 2.86. The van der Waals surface area contributed by atoms with Crippen molar-refractivity contribution in [2.24, 2.45) is 0 Å². The maximum atomic E-state index is 13.4. The second-order valence-electron chi connectivity index (χ2n) is 7.02. The molecule has 0 atom stereocenters. The number of sulfonamides is 1. The van der Waals surface area contributed by atoms with Gasteiger partial charge in [0.2, 0.25) is 0 Å². The van der Waals surface area contributed by atoms with Gasteiger partial charge in [-0.15, -0.1) is 0 Å². The highest BCUT2D eigenvalue weighted by molar-refractivity contribution is 7.92. The summed E-state index contributed by atoms with van der Waals surface area (Å²) in [5.74, 6) is -0.661. The quantitative estimate of drug-likeness (QED) is 0.359. The van der Waals surface area contributed by atoms with E-state index in [1.807, 2.05) is 19.1 Å². The molecule has 0 radical (unpaired) electrons. The zero-order valence-corrected chi connectivity index (χ0v) is 18.1. The Bertz CT molecular complexity index is 1400. The number of halogens is 2. The lowest BCUT2D eigenvalue weighted by atomic mass is 10.3. The minimum absolute atomic E-state index is 0.251. The van der Waals surface area contributed by atoms with E-state index in [1.165, 1.54) is 18.5 Å². The SMILES string of the molecule is Cc1ccnc(Nc2cc(Nc3ccc(NS(=O)(=O)c4ccc(F)c(F)c4)cc3)ncn2)c1. The minimum Gasteiger partial charge on any atom is -0.340 e. The third-order valence-corrected chi connectivity index (χ3v) is 5.83. The summed E-state index contributed by atoms with van der Waals surface area (Å²) in [4.78, 5) is 12.2. The Morgan fingerprint density at radius 1 is 0.727 bits per heavy atom. The molecular weight excluding hydrogens is 450 g/mol. The molecule has 0 spiro atoms. The number of aromatic nitrogens is 3. The standard InChI is InChI=1S/C22H18F2N6O2S/c1-14-8-9-25-20(10-14)29-22-12-21(26-13-27-22)28-15-2-4-16(5-3-15)30-33(31,32)17-6-7-18(23)19(24)11-17/h2-13,30H,1H3,(H2,25,26,27,28,29). The smallest absolute Gasteiger partial charge is 0.261 e. The number of benzene rings is 2. The highest BCUT2D eigenvalue weighted by atomic mass is 32.2. The van der Waals surface area contributed by atoms with Gasteiger partial charge in [0, 0.05) is 23.6 Å². The Morgan fingerprint density at radius 3 is 2.09 bits per heavy atom. The van der Waals surface area contributed by atoms with E-state index in [4.69, 9.17) is 0 Å². The minimum atomic E-state index is -4.07. The largest absolute Gasteiger partial charge is 0.340 e. The van der Waals surface area contributed by atoms with E-state index in [2.05, 4.69) is 30.3 Å². The van der Waals surface area contributed by atoms with Gasteiger partial charge in [0.25, 0.3) is 10.0 Å². The van der Waals surface area contributed by atoms with Crippen LogP contribution in [-0.4, -0.2) is 23.4 Å². The molecule has 2 heterocycles. The van der Waals surface area contributed by atoms with Crippen molar-refractivity contribution in [3.8, 4) is 0 Å². The second-order valence-corrected chi connectivity index (χ2v) is 8.70. The van der Waals surface area contributed by atoms with E-state index in [9.17, 15) is 17.2 Å². The fourth-order valence-corrected chi connectivity index (χ4v) is 3.93. The zero-order chi connectivity index (χ0) is 23.4. The molecule has 11 heteroatoms. The van der Waals surface area contributed by atoms with Crippen LogP contribution in [0.25, 0.3) is 0 Å². The van der Waals surface area contributed by atoms with Crippen molar-refractivity contribution in [3.63, 3.8) is 0 Å². The summed E-state index contributed by atoms with van der Waals surface area (Å²) >= 11 is 0. The van der Waals surface area contributed by atoms with Crippen LogP contribution in [0.15, 0.2) is 78.1 Å². The lowest BCUT2D eigenvalue weighted by molar-refractivity contribution is 0.504. The predicted octanol–water partition coefficient (Wildman–Crippen LogP) is 4.75. The van der Waals surface area contributed by atoms with Crippen molar-refractivity contribution >= 4 is 38.9 Å². The van der Waals surface area contributed by atoms with Crippen LogP contribution in [-0.2, 0) is 10.0 Å². The van der Waals surface area contributed by atoms with Gasteiger partial charge in [-0.05, 0) is 67.1 Å². The number of hydrogen-bond donors (Lipinski definition) is 3. The van der Waals surface area contributed by atoms with Crippen molar-refractivity contribution < 1.29 is 17.2 Å². The van der Waals surface area contributed by atoms with Crippen LogP contribution in [0.4, 0.5) is 37.6 Å². The van der Waals surface area contributed by atoms with Gasteiger partial charge < -0.3 is 10.6 Å². The first-order valence-corrected chi connectivity index (χ1v) is 11.1. The number of nitrogens with one attached hydrogen (secondary N) is 3. The van der Waals surface area contributed by atoms with Crippen LogP contribution in [0.1, 0.15) is 5.56 Å². The molecule has 0 aliphatic heterocycles. The molecular formula is C22H18F2N6O2S. The van der Waals surface area contributed by atoms with Crippen molar-refractivity contribution in [2.75, 3.05) is 15.4 Å². The summed E-state index contributed by atoms with van der Waals surface area (Å²) in [5.41, 5.74) is 1.95. The first-order valence-electron chi connectivity index (χ1n) is 9.65. The first kappa shape index (κ1) is 22.1. The average Bonchev–Trinajstić information content (AvgIpc) is 2.77. The maximum absolute atomic E-state index is 13.4. The number of nitrogens with zero attached hydrogens (tertiary/aromatic N) is 3. The second kappa shape index (κ2) is 9.17. The Kier molecular flexibility index (Phi) is 6.13. The molecule has 0 saturated heterocycles. The molecule has 0 aliphatic carbocycles. The molecule has 168 valence electrons. The van der Waals surface area contributed by atoms with E-state index >= 15 is 0 Å². The highest BCUT2D eigenvalue weighted by Crippen LogP contribution is 2.22. The van der Waals surface area contributed by atoms with Gasteiger partial charge in [-0.2, -0.15) is 0 Å². The molecule has 0 bridgehead atoms. The van der Waals surface area contributed by atoms with Gasteiger partial charge in [-0.3, -0.25) is 4.72 Å². The normalized spacial score (nSPS) is 11.1. The molecule has 8 nitrogen and oxygen atoms in total. The van der Waals surface area contributed by atoms with Crippen molar-refractivity contribution in [2.45, 2.75) is 11.8 Å². The van der Waals surface area contributed by atoms with E-state index < -0.39 is 21.7 Å². The van der Waals surface area contributed by atoms with Crippen LogP contribution >= 0.6 is 0 Å². The summed E-state index contributed by atoms with van der Waals surface area (Å²) in [6.45, 7) is 1.96. The van der Waals surface area contributed by atoms with Gasteiger partial charge in [0.05, 0.1) is 4.90 Å². The number of hydrogen-bond acceptors (Lipinski definition) is 7. The molecule has 2 aromatic carbocycles. The summed E-state index contributed by atoms with van der Waals surface area (Å²) < 4.78 is 53.6. The monoisotopic (exact) mass is 468 g/mol. The lowest BCUT2D eigenvalue weighted by Crippen LogP contribution is -2.13. The molecule has 0 saturated carbocycles. The highest BCUT2D eigenvalue weighted by Gasteiger charge is 2.16. The Morgan fingerprint density at radius 2 is 1.39 bits per heavy atom. The van der Waals surface area contributed by atoms with Crippen LogP contribution in [0.3, 0.4) is 0 Å².